The summed E-state index contributed by atoms with van der Waals surface area (Å²) in [5.74, 6) is -0.321. The van der Waals surface area contributed by atoms with E-state index >= 15 is 0 Å². The molecular weight excluding hydrogens is 182 g/mol. The number of hydrogen-bond donors (Lipinski definition) is 1. The van der Waals surface area contributed by atoms with Crippen LogP contribution in [0.1, 0.15) is 12.8 Å². The van der Waals surface area contributed by atoms with Crippen LogP contribution in [0.4, 0.5) is 0 Å². The van der Waals surface area contributed by atoms with E-state index in [1.807, 2.05) is 6.07 Å². The lowest BCUT2D eigenvalue weighted by Gasteiger charge is -2.13. The largest absolute Gasteiger partial charge is 0.359 e. The summed E-state index contributed by atoms with van der Waals surface area (Å²) in [7, 11) is 1.59. The second kappa shape index (κ2) is 4.61. The lowest BCUT2D eigenvalue weighted by atomic mass is 10.1. The zero-order valence-corrected chi connectivity index (χ0v) is 8.12. The normalized spacial score (nSPS) is 20.3. The zero-order chi connectivity index (χ0) is 10.6. The van der Waals surface area contributed by atoms with Crippen molar-refractivity contribution in [2.24, 2.45) is 5.92 Å². The summed E-state index contributed by atoms with van der Waals surface area (Å²) in [6, 6.07) is 1.81. The highest BCUT2D eigenvalue weighted by Crippen LogP contribution is 2.16. The molecule has 1 rings (SSSR count). The van der Waals surface area contributed by atoms with E-state index in [-0.39, 0.29) is 24.2 Å². The average molecular weight is 195 g/mol. The Morgan fingerprint density at radius 3 is 2.93 bits per heavy atom. The van der Waals surface area contributed by atoms with Crippen molar-refractivity contribution < 1.29 is 9.59 Å². The molecule has 0 aromatic heterocycles. The van der Waals surface area contributed by atoms with Gasteiger partial charge in [0, 0.05) is 20.1 Å². The van der Waals surface area contributed by atoms with E-state index < -0.39 is 0 Å². The molecule has 1 heterocycles. The Balaban J connectivity index is 2.45. The molecule has 1 aliphatic rings. The number of nitrogens with one attached hydrogen (secondary N) is 1. The molecular formula is C9H13N3O2. The molecule has 0 radical (unpaired) electrons. The highest BCUT2D eigenvalue weighted by molar-refractivity contribution is 5.82. The lowest BCUT2D eigenvalue weighted by molar-refractivity contribution is -0.129. The molecule has 1 unspecified atom stereocenters. The Morgan fingerprint density at radius 1 is 1.64 bits per heavy atom. The van der Waals surface area contributed by atoms with E-state index in [0.717, 1.165) is 0 Å². The molecule has 5 heteroatoms. The molecule has 0 spiro atoms. The van der Waals surface area contributed by atoms with Gasteiger partial charge in [0.2, 0.25) is 11.8 Å². The van der Waals surface area contributed by atoms with Crippen molar-refractivity contribution in [2.75, 3.05) is 20.1 Å². The van der Waals surface area contributed by atoms with Gasteiger partial charge in [0.15, 0.2) is 0 Å². The van der Waals surface area contributed by atoms with Crippen LogP contribution in [0.15, 0.2) is 0 Å². The van der Waals surface area contributed by atoms with Crippen molar-refractivity contribution >= 4 is 11.8 Å². The zero-order valence-electron chi connectivity index (χ0n) is 8.12. The summed E-state index contributed by atoms with van der Waals surface area (Å²) in [5, 5.41) is 10.9. The van der Waals surface area contributed by atoms with Crippen LogP contribution >= 0.6 is 0 Å². The molecule has 0 aliphatic carbocycles. The number of amides is 2. The Hall–Kier alpha value is -1.57. The molecule has 0 aromatic rings. The number of carbonyl (C=O) groups excluding carboxylic acids is 2. The van der Waals surface area contributed by atoms with Crippen molar-refractivity contribution in [1.82, 2.24) is 10.2 Å². The minimum Gasteiger partial charge on any atom is -0.359 e. The Bertz CT molecular complexity index is 282. The van der Waals surface area contributed by atoms with Crippen molar-refractivity contribution in [2.45, 2.75) is 12.8 Å². The van der Waals surface area contributed by atoms with Crippen LogP contribution in [-0.2, 0) is 9.59 Å². The molecule has 5 nitrogen and oxygen atoms in total. The van der Waals surface area contributed by atoms with Gasteiger partial charge in [-0.3, -0.25) is 9.59 Å². The minimum absolute atomic E-state index is 0.0303. The Kier molecular flexibility index (Phi) is 3.46. The first-order valence-corrected chi connectivity index (χ1v) is 4.55. The number of hydrogen-bond acceptors (Lipinski definition) is 3. The van der Waals surface area contributed by atoms with Crippen molar-refractivity contribution in [1.29, 1.82) is 5.26 Å². The molecule has 1 N–H and O–H groups in total. The fourth-order valence-corrected chi connectivity index (χ4v) is 1.58. The average Bonchev–Trinajstić information content (AvgIpc) is 2.66. The molecule has 14 heavy (non-hydrogen) atoms. The van der Waals surface area contributed by atoms with Gasteiger partial charge in [-0.15, -0.1) is 0 Å². The van der Waals surface area contributed by atoms with E-state index in [9.17, 15) is 9.59 Å². The van der Waals surface area contributed by atoms with Gasteiger partial charge in [0.05, 0.1) is 12.0 Å². The highest BCUT2D eigenvalue weighted by Gasteiger charge is 2.29. The first-order chi connectivity index (χ1) is 6.69. The van der Waals surface area contributed by atoms with Gasteiger partial charge >= 0.3 is 0 Å². The molecule has 0 bridgehead atoms. The fraction of sp³-hybridized carbons (Fsp3) is 0.667. The minimum atomic E-state index is -0.182. The third-order valence-corrected chi connectivity index (χ3v) is 2.39. The summed E-state index contributed by atoms with van der Waals surface area (Å²) in [6.07, 6.45) is 0.595. The number of nitriles is 1. The van der Waals surface area contributed by atoms with Crippen molar-refractivity contribution in [3.63, 3.8) is 0 Å². The van der Waals surface area contributed by atoms with Gasteiger partial charge in [-0.05, 0) is 6.42 Å². The fourth-order valence-electron chi connectivity index (χ4n) is 1.58. The predicted molar refractivity (Wildman–Crippen MR) is 49.0 cm³/mol. The topological polar surface area (TPSA) is 73.2 Å². The first kappa shape index (κ1) is 10.5. The summed E-state index contributed by atoms with van der Waals surface area (Å²) >= 11 is 0. The van der Waals surface area contributed by atoms with Gasteiger partial charge in [0.25, 0.3) is 0 Å². The number of carbonyl (C=O) groups is 2. The molecule has 1 atom stereocenters. The first-order valence-electron chi connectivity index (χ1n) is 4.55. The third kappa shape index (κ3) is 2.22. The van der Waals surface area contributed by atoms with Gasteiger partial charge in [-0.25, -0.2) is 0 Å². The van der Waals surface area contributed by atoms with E-state index in [2.05, 4.69) is 5.32 Å². The van der Waals surface area contributed by atoms with Crippen LogP contribution in [0.5, 0.6) is 0 Å². The summed E-state index contributed by atoms with van der Waals surface area (Å²) < 4.78 is 0. The maximum Gasteiger partial charge on any atom is 0.236 e. The SMILES string of the molecule is CNC(=O)C1CCN(C(=O)CC#N)C1. The van der Waals surface area contributed by atoms with Crippen molar-refractivity contribution in [3.05, 3.63) is 0 Å². The summed E-state index contributed by atoms with van der Waals surface area (Å²) in [4.78, 5) is 24.1. The van der Waals surface area contributed by atoms with E-state index in [4.69, 9.17) is 5.26 Å². The monoisotopic (exact) mass is 195 g/mol. The molecule has 1 fully saturated rings. The van der Waals surface area contributed by atoms with E-state index in [0.29, 0.717) is 19.5 Å². The van der Waals surface area contributed by atoms with Crippen molar-refractivity contribution in [3.8, 4) is 6.07 Å². The third-order valence-electron chi connectivity index (χ3n) is 2.39. The lowest BCUT2D eigenvalue weighted by Crippen LogP contribution is -2.32. The molecule has 1 aliphatic heterocycles. The molecule has 0 aromatic carbocycles. The number of nitrogens with zero attached hydrogens (tertiary/aromatic N) is 2. The smallest absolute Gasteiger partial charge is 0.236 e. The second-order valence-corrected chi connectivity index (χ2v) is 3.27. The maximum absolute atomic E-state index is 11.3. The molecule has 2 amide bonds. The standard InChI is InChI=1S/C9H13N3O2/c1-11-9(14)7-3-5-12(6-7)8(13)2-4-10/h7H,2-3,5-6H2,1H3,(H,11,14). The van der Waals surface area contributed by atoms with Gasteiger partial charge in [-0.2, -0.15) is 5.26 Å². The van der Waals surface area contributed by atoms with Crippen LogP contribution in [0.2, 0.25) is 0 Å². The van der Waals surface area contributed by atoms with Crippen LogP contribution in [-0.4, -0.2) is 36.9 Å². The Labute approximate surface area is 82.7 Å². The van der Waals surface area contributed by atoms with Gasteiger partial charge in [0.1, 0.15) is 6.42 Å². The number of rotatable bonds is 2. The van der Waals surface area contributed by atoms with E-state index in [1.165, 1.54) is 0 Å². The summed E-state index contributed by atoms with van der Waals surface area (Å²) in [6.45, 7) is 1.03. The molecule has 76 valence electrons. The Morgan fingerprint density at radius 2 is 2.36 bits per heavy atom. The quantitative estimate of drug-likeness (QED) is 0.645. The predicted octanol–water partition coefficient (Wildman–Crippen LogP) is -0.505. The van der Waals surface area contributed by atoms with Crippen LogP contribution in [0.25, 0.3) is 0 Å². The molecule has 0 saturated carbocycles. The molecule has 1 saturated heterocycles. The van der Waals surface area contributed by atoms with Gasteiger partial charge < -0.3 is 10.2 Å². The second-order valence-electron chi connectivity index (χ2n) is 3.27. The van der Waals surface area contributed by atoms with E-state index in [1.54, 1.807) is 11.9 Å². The van der Waals surface area contributed by atoms with Crippen LogP contribution < -0.4 is 5.32 Å². The van der Waals surface area contributed by atoms with Gasteiger partial charge in [-0.1, -0.05) is 0 Å². The van der Waals surface area contributed by atoms with Crippen LogP contribution in [0, 0.1) is 17.2 Å². The summed E-state index contributed by atoms with van der Waals surface area (Å²) in [5.41, 5.74) is 0. The number of likely N-dealkylation sites (tertiary alicyclic amines) is 1. The maximum atomic E-state index is 11.3. The van der Waals surface area contributed by atoms with Crippen LogP contribution in [0.3, 0.4) is 0 Å². The highest BCUT2D eigenvalue weighted by atomic mass is 16.2.